The molecule has 64 heavy (non-hydrogen) atoms. The fraction of sp³-hybridized carbons (Fsp3) is 0.111. The van der Waals surface area contributed by atoms with Crippen LogP contribution in [0.25, 0.3) is 43.1 Å². The van der Waals surface area contributed by atoms with E-state index in [2.05, 4.69) is 10.6 Å². The fourth-order valence-electron chi connectivity index (χ4n) is 7.61. The standard InChI is InChI=1S/C54H44N2O8/c57-53(55-49-31-15-19-37-17-7-9-25-43(37)49)63-41(33-59-39-21-3-1-4-22-39)35-61-51-45-27-11-13-29-47(45)52(48-30-14-12-28-46(48)51)62-36-42(34-60-40-23-5-2-6-24-40)64-54(58)56-50-32-16-20-38-18-8-10-26-44(38)50/h1-32,41-42H,33-36H2,(H,55,57)(H,56,58). The number of carbonyl (C=O) groups is 2. The molecule has 0 saturated heterocycles. The predicted octanol–water partition coefficient (Wildman–Crippen LogP) is 12.4. The van der Waals surface area contributed by atoms with Crippen molar-refractivity contribution in [2.24, 2.45) is 0 Å². The van der Waals surface area contributed by atoms with E-state index < -0.39 is 24.4 Å². The molecule has 9 aromatic rings. The van der Waals surface area contributed by atoms with Crippen molar-refractivity contribution < 1.29 is 38.0 Å². The Labute approximate surface area is 369 Å². The van der Waals surface area contributed by atoms with E-state index in [-0.39, 0.29) is 26.4 Å². The van der Waals surface area contributed by atoms with Gasteiger partial charge in [0.25, 0.3) is 0 Å². The van der Waals surface area contributed by atoms with Gasteiger partial charge in [-0.3, -0.25) is 10.6 Å². The van der Waals surface area contributed by atoms with Gasteiger partial charge in [-0.05, 0) is 47.2 Å². The topological polar surface area (TPSA) is 114 Å². The highest BCUT2D eigenvalue weighted by molar-refractivity contribution is 6.11. The Morgan fingerprint density at radius 3 is 1.05 bits per heavy atom. The van der Waals surface area contributed by atoms with E-state index in [1.54, 1.807) is 0 Å². The Bertz CT molecular complexity index is 2760. The number of amides is 2. The van der Waals surface area contributed by atoms with Crippen LogP contribution in [0.15, 0.2) is 194 Å². The van der Waals surface area contributed by atoms with Gasteiger partial charge in [0.1, 0.15) is 49.4 Å². The SMILES string of the molecule is O=C(Nc1cccc2ccccc12)OC(COc1ccccc1)COc1c2ccccc2c(OCC(COc2ccccc2)OC(=O)Nc2cccc3ccccc23)c2ccccc12. The number of fused-ring (bicyclic) bond motifs is 4. The number of ether oxygens (including phenoxy) is 6. The molecule has 0 saturated carbocycles. The van der Waals surface area contributed by atoms with Crippen molar-refractivity contribution in [1.82, 2.24) is 0 Å². The molecule has 2 unspecified atom stereocenters. The maximum Gasteiger partial charge on any atom is 0.412 e. The van der Waals surface area contributed by atoms with Crippen molar-refractivity contribution >= 4 is 66.7 Å². The van der Waals surface area contributed by atoms with E-state index in [4.69, 9.17) is 28.4 Å². The molecule has 0 heterocycles. The number of hydrogen-bond donors (Lipinski definition) is 2. The smallest absolute Gasteiger partial charge is 0.412 e. The van der Waals surface area contributed by atoms with Gasteiger partial charge in [-0.2, -0.15) is 0 Å². The van der Waals surface area contributed by atoms with Gasteiger partial charge in [-0.15, -0.1) is 0 Å². The summed E-state index contributed by atoms with van der Waals surface area (Å²) in [4.78, 5) is 27.0. The Morgan fingerprint density at radius 2 is 0.656 bits per heavy atom. The van der Waals surface area contributed by atoms with Crippen molar-refractivity contribution in [2.75, 3.05) is 37.1 Å². The lowest BCUT2D eigenvalue weighted by Crippen LogP contribution is -2.33. The van der Waals surface area contributed by atoms with Gasteiger partial charge in [-0.1, -0.05) is 158 Å². The summed E-state index contributed by atoms with van der Waals surface area (Å²) in [6.45, 7) is 0.0140. The molecule has 2 atom stereocenters. The molecule has 0 radical (unpaired) electrons. The van der Waals surface area contributed by atoms with Gasteiger partial charge in [0.15, 0.2) is 12.2 Å². The molecule has 0 spiro atoms. The summed E-state index contributed by atoms with van der Waals surface area (Å²) < 4.78 is 37.6. The molecule has 318 valence electrons. The summed E-state index contributed by atoms with van der Waals surface area (Å²) >= 11 is 0. The minimum atomic E-state index is -0.814. The van der Waals surface area contributed by atoms with E-state index in [1.807, 2.05) is 194 Å². The first-order chi connectivity index (χ1) is 31.6. The number of para-hydroxylation sites is 2. The monoisotopic (exact) mass is 848 g/mol. The zero-order valence-corrected chi connectivity index (χ0v) is 34.7. The minimum absolute atomic E-state index is 0.0253. The lowest BCUT2D eigenvalue weighted by atomic mass is 10.0. The highest BCUT2D eigenvalue weighted by Crippen LogP contribution is 2.43. The molecular weight excluding hydrogens is 805 g/mol. The van der Waals surface area contributed by atoms with Crippen LogP contribution in [0.2, 0.25) is 0 Å². The molecule has 2 N–H and O–H groups in total. The third kappa shape index (κ3) is 9.77. The number of rotatable bonds is 16. The van der Waals surface area contributed by atoms with Crippen LogP contribution in [-0.2, 0) is 9.47 Å². The van der Waals surface area contributed by atoms with E-state index in [0.29, 0.717) is 34.4 Å². The number of carbonyl (C=O) groups excluding carboxylic acids is 2. The van der Waals surface area contributed by atoms with Crippen molar-refractivity contribution in [3.8, 4) is 23.0 Å². The molecule has 0 fully saturated rings. The van der Waals surface area contributed by atoms with Crippen molar-refractivity contribution in [3.63, 3.8) is 0 Å². The first-order valence-electron chi connectivity index (χ1n) is 21.0. The van der Waals surface area contributed by atoms with E-state index >= 15 is 0 Å². The van der Waals surface area contributed by atoms with E-state index in [0.717, 1.165) is 43.1 Å². The van der Waals surface area contributed by atoms with Crippen LogP contribution in [0, 0.1) is 0 Å². The lowest BCUT2D eigenvalue weighted by molar-refractivity contribution is 0.0430. The second-order valence-electron chi connectivity index (χ2n) is 15.0. The maximum absolute atomic E-state index is 13.5. The molecule has 0 aliphatic carbocycles. The van der Waals surface area contributed by atoms with Gasteiger partial charge in [0.2, 0.25) is 0 Å². The molecule has 0 aromatic heterocycles. The summed E-state index contributed by atoms with van der Waals surface area (Å²) in [5.74, 6) is 2.42. The average Bonchev–Trinajstić information content (AvgIpc) is 3.34. The third-order valence-corrected chi connectivity index (χ3v) is 10.6. The zero-order chi connectivity index (χ0) is 43.5. The Morgan fingerprint density at radius 1 is 0.344 bits per heavy atom. The number of benzene rings is 9. The van der Waals surface area contributed by atoms with Crippen molar-refractivity contribution in [1.29, 1.82) is 0 Å². The molecule has 10 heteroatoms. The number of hydrogen-bond acceptors (Lipinski definition) is 8. The Hall–Kier alpha value is -8.24. The fourth-order valence-corrected chi connectivity index (χ4v) is 7.61. The summed E-state index contributed by atoms with van der Waals surface area (Å²) in [6.07, 6.45) is -2.91. The Kier molecular flexibility index (Phi) is 12.6. The largest absolute Gasteiger partial charge is 0.490 e. The minimum Gasteiger partial charge on any atom is -0.490 e. The van der Waals surface area contributed by atoms with Crippen LogP contribution in [0.5, 0.6) is 23.0 Å². The summed E-state index contributed by atoms with van der Waals surface area (Å²) in [7, 11) is 0. The Balaban J connectivity index is 0.968. The van der Waals surface area contributed by atoms with Gasteiger partial charge < -0.3 is 28.4 Å². The first-order valence-corrected chi connectivity index (χ1v) is 21.0. The summed E-state index contributed by atoms with van der Waals surface area (Å²) in [5.41, 5.74) is 1.26. The first kappa shape index (κ1) is 41.1. The van der Waals surface area contributed by atoms with Crippen LogP contribution in [0.1, 0.15) is 0 Å². The normalized spacial score (nSPS) is 12.0. The molecule has 0 aliphatic heterocycles. The highest BCUT2D eigenvalue weighted by atomic mass is 16.6. The third-order valence-electron chi connectivity index (χ3n) is 10.6. The quantitative estimate of drug-likeness (QED) is 0.0924. The molecule has 9 rings (SSSR count). The van der Waals surface area contributed by atoms with Gasteiger partial charge in [0.05, 0.1) is 11.4 Å². The summed E-state index contributed by atoms with van der Waals surface area (Å²) in [6, 6.07) is 61.3. The highest BCUT2D eigenvalue weighted by Gasteiger charge is 2.23. The van der Waals surface area contributed by atoms with E-state index in [1.165, 1.54) is 0 Å². The van der Waals surface area contributed by atoms with E-state index in [9.17, 15) is 9.59 Å². The summed E-state index contributed by atoms with van der Waals surface area (Å²) in [5, 5.41) is 12.7. The van der Waals surface area contributed by atoms with Crippen LogP contribution in [-0.4, -0.2) is 50.8 Å². The van der Waals surface area contributed by atoms with Crippen LogP contribution in [0.4, 0.5) is 21.0 Å². The molecule has 2 amide bonds. The predicted molar refractivity (Wildman–Crippen MR) is 252 cm³/mol. The van der Waals surface area contributed by atoms with Crippen molar-refractivity contribution in [3.05, 3.63) is 194 Å². The van der Waals surface area contributed by atoms with Crippen LogP contribution >= 0.6 is 0 Å². The number of nitrogens with one attached hydrogen (secondary N) is 2. The number of anilines is 2. The maximum atomic E-state index is 13.5. The van der Waals surface area contributed by atoms with Crippen LogP contribution in [0.3, 0.4) is 0 Å². The van der Waals surface area contributed by atoms with Gasteiger partial charge in [-0.25, -0.2) is 9.59 Å². The second kappa shape index (κ2) is 19.6. The molecule has 10 nitrogen and oxygen atoms in total. The second-order valence-corrected chi connectivity index (χ2v) is 15.0. The van der Waals surface area contributed by atoms with Gasteiger partial charge >= 0.3 is 12.2 Å². The van der Waals surface area contributed by atoms with Gasteiger partial charge in [0, 0.05) is 32.3 Å². The van der Waals surface area contributed by atoms with Crippen LogP contribution < -0.4 is 29.6 Å². The van der Waals surface area contributed by atoms with Crippen molar-refractivity contribution in [2.45, 2.75) is 12.2 Å². The molecular formula is C54H44N2O8. The molecule has 9 aromatic carbocycles. The molecule has 0 aliphatic rings. The zero-order valence-electron chi connectivity index (χ0n) is 34.7. The average molecular weight is 849 g/mol. The molecule has 0 bridgehead atoms. The lowest BCUT2D eigenvalue weighted by Gasteiger charge is -2.23.